The molecule has 1 aliphatic heterocycles. The minimum Gasteiger partial charge on any atom is -0.366 e. The Morgan fingerprint density at radius 2 is 2.07 bits per heavy atom. The van der Waals surface area contributed by atoms with Crippen molar-refractivity contribution in [2.75, 3.05) is 0 Å². The smallest absolute Gasteiger partial charge is 0.249 e. The second kappa shape index (κ2) is 2.67. The van der Waals surface area contributed by atoms with Gasteiger partial charge in [-0.15, -0.1) is 0 Å². The summed E-state index contributed by atoms with van der Waals surface area (Å²) < 4.78 is 0. The molecule has 2 aromatic carbocycles. The van der Waals surface area contributed by atoms with Crippen LogP contribution in [0.15, 0.2) is 35.3 Å². The van der Waals surface area contributed by atoms with Crippen molar-refractivity contribution in [1.29, 1.82) is 0 Å². The fourth-order valence-corrected chi connectivity index (χ4v) is 1.98. The molecule has 3 heteroatoms. The number of aliphatic imine (C=N–C) groups is 1. The lowest BCUT2D eigenvalue weighted by atomic mass is 10.0. The predicted octanol–water partition coefficient (Wildman–Crippen LogP) is 2.00. The number of amides is 1. The molecule has 2 aromatic rings. The van der Waals surface area contributed by atoms with Gasteiger partial charge in [0.1, 0.15) is 0 Å². The summed E-state index contributed by atoms with van der Waals surface area (Å²) in [6.07, 6.45) is 1.81. The Hall–Kier alpha value is -2.16. The Bertz CT molecular complexity index is 602. The first-order valence-corrected chi connectivity index (χ1v) is 4.67. The average molecular weight is 196 g/mol. The fraction of sp³-hybridized carbons (Fsp3) is 0. The highest BCUT2D eigenvalue weighted by molar-refractivity contribution is 6.17. The van der Waals surface area contributed by atoms with Crippen LogP contribution in [-0.2, 0) is 0 Å². The van der Waals surface area contributed by atoms with Crippen LogP contribution >= 0.6 is 0 Å². The molecular weight excluding hydrogens is 188 g/mol. The average Bonchev–Trinajstić information content (AvgIpc) is 2.64. The minimum absolute atomic E-state index is 0.398. The molecule has 1 heterocycles. The molecule has 0 fully saturated rings. The maximum Gasteiger partial charge on any atom is 0.249 e. The number of primary amides is 1. The molecule has 0 aliphatic carbocycles. The van der Waals surface area contributed by atoms with E-state index in [0.29, 0.717) is 5.56 Å². The number of benzene rings is 2. The Morgan fingerprint density at radius 1 is 1.20 bits per heavy atom. The minimum atomic E-state index is -0.398. The molecule has 1 amide bonds. The second-order valence-corrected chi connectivity index (χ2v) is 3.52. The molecule has 3 nitrogen and oxygen atoms in total. The molecule has 0 radical (unpaired) electrons. The summed E-state index contributed by atoms with van der Waals surface area (Å²) in [5.41, 5.74) is 7.83. The molecule has 2 N–H and O–H groups in total. The Morgan fingerprint density at radius 3 is 2.87 bits per heavy atom. The van der Waals surface area contributed by atoms with Crippen molar-refractivity contribution < 1.29 is 4.79 Å². The zero-order valence-corrected chi connectivity index (χ0v) is 7.90. The molecule has 1 aliphatic rings. The van der Waals surface area contributed by atoms with Crippen LogP contribution in [0.3, 0.4) is 0 Å². The lowest BCUT2D eigenvalue weighted by molar-refractivity contribution is 0.100. The van der Waals surface area contributed by atoms with E-state index >= 15 is 0 Å². The highest BCUT2D eigenvalue weighted by Crippen LogP contribution is 2.34. The van der Waals surface area contributed by atoms with Gasteiger partial charge in [0.05, 0.1) is 5.69 Å². The van der Waals surface area contributed by atoms with E-state index in [0.717, 1.165) is 22.0 Å². The largest absolute Gasteiger partial charge is 0.366 e. The van der Waals surface area contributed by atoms with Gasteiger partial charge in [-0.3, -0.25) is 9.79 Å². The number of carbonyl (C=O) groups excluding carboxylic acids is 1. The summed E-state index contributed by atoms with van der Waals surface area (Å²) in [6, 6.07) is 9.34. The third kappa shape index (κ3) is 1.00. The molecule has 0 saturated heterocycles. The summed E-state index contributed by atoms with van der Waals surface area (Å²) >= 11 is 0. The number of nitrogens with zero attached hydrogens (tertiary/aromatic N) is 1. The van der Waals surface area contributed by atoms with Crippen LogP contribution < -0.4 is 5.73 Å². The van der Waals surface area contributed by atoms with Crippen molar-refractivity contribution in [1.82, 2.24) is 0 Å². The van der Waals surface area contributed by atoms with E-state index < -0.39 is 5.91 Å². The van der Waals surface area contributed by atoms with Crippen LogP contribution in [0.1, 0.15) is 15.9 Å². The standard InChI is InChI=1S/C12H8N2O/c13-12(15)9-4-5-10-11-7(6-14-10)2-1-3-8(9)11/h1-6H,(H2,13,15). The van der Waals surface area contributed by atoms with Gasteiger partial charge >= 0.3 is 0 Å². The Balaban J connectivity index is 2.52. The molecule has 3 rings (SSSR count). The third-order valence-electron chi connectivity index (χ3n) is 2.66. The van der Waals surface area contributed by atoms with Crippen molar-refractivity contribution in [2.45, 2.75) is 0 Å². The number of hydrogen-bond acceptors (Lipinski definition) is 2. The molecule has 0 bridgehead atoms. The van der Waals surface area contributed by atoms with Crippen LogP contribution in [0.4, 0.5) is 5.69 Å². The highest BCUT2D eigenvalue weighted by Gasteiger charge is 2.14. The first kappa shape index (κ1) is 8.17. The number of nitrogens with two attached hydrogens (primary N) is 1. The van der Waals surface area contributed by atoms with Gasteiger partial charge in [-0.1, -0.05) is 18.2 Å². The van der Waals surface area contributed by atoms with Crippen molar-refractivity contribution in [2.24, 2.45) is 10.7 Å². The molecule has 0 saturated carbocycles. The quantitative estimate of drug-likeness (QED) is 0.635. The molecule has 0 spiro atoms. The second-order valence-electron chi connectivity index (χ2n) is 3.52. The van der Waals surface area contributed by atoms with E-state index in [-0.39, 0.29) is 0 Å². The van der Waals surface area contributed by atoms with Crippen LogP contribution in [0.2, 0.25) is 0 Å². The van der Waals surface area contributed by atoms with E-state index in [2.05, 4.69) is 4.99 Å². The SMILES string of the molecule is NC(=O)c1ccc2c3c(cccc13)C=N2. The van der Waals surface area contributed by atoms with Crippen LogP contribution in [0, 0.1) is 0 Å². The molecule has 72 valence electrons. The van der Waals surface area contributed by atoms with Gasteiger partial charge < -0.3 is 5.73 Å². The van der Waals surface area contributed by atoms with E-state index in [1.807, 2.05) is 30.5 Å². The first-order valence-electron chi connectivity index (χ1n) is 4.67. The van der Waals surface area contributed by atoms with Crippen molar-refractivity contribution >= 4 is 28.6 Å². The van der Waals surface area contributed by atoms with E-state index in [1.54, 1.807) is 6.07 Å². The van der Waals surface area contributed by atoms with Gasteiger partial charge in [-0.05, 0) is 17.5 Å². The van der Waals surface area contributed by atoms with Crippen LogP contribution in [-0.4, -0.2) is 12.1 Å². The first-order chi connectivity index (χ1) is 7.27. The summed E-state index contributed by atoms with van der Waals surface area (Å²) in [4.78, 5) is 15.5. The highest BCUT2D eigenvalue weighted by atomic mass is 16.1. The van der Waals surface area contributed by atoms with Gasteiger partial charge in [0.2, 0.25) is 5.91 Å². The van der Waals surface area contributed by atoms with Gasteiger partial charge in [0.25, 0.3) is 0 Å². The van der Waals surface area contributed by atoms with Crippen molar-refractivity contribution in [3.8, 4) is 0 Å². The maximum atomic E-state index is 11.2. The maximum absolute atomic E-state index is 11.2. The van der Waals surface area contributed by atoms with E-state index in [4.69, 9.17) is 5.73 Å². The van der Waals surface area contributed by atoms with Crippen LogP contribution in [0.25, 0.3) is 10.8 Å². The predicted molar refractivity (Wildman–Crippen MR) is 59.7 cm³/mol. The zero-order valence-electron chi connectivity index (χ0n) is 7.90. The number of rotatable bonds is 1. The van der Waals surface area contributed by atoms with Crippen molar-refractivity contribution in [3.05, 3.63) is 41.5 Å². The van der Waals surface area contributed by atoms with Gasteiger partial charge in [-0.25, -0.2) is 0 Å². The molecular formula is C12H8N2O. The third-order valence-corrected chi connectivity index (χ3v) is 2.66. The molecule has 15 heavy (non-hydrogen) atoms. The summed E-state index contributed by atoms with van der Waals surface area (Å²) in [5.74, 6) is -0.398. The fourth-order valence-electron chi connectivity index (χ4n) is 1.98. The van der Waals surface area contributed by atoms with Gasteiger partial charge in [0, 0.05) is 22.7 Å². The topological polar surface area (TPSA) is 55.5 Å². The van der Waals surface area contributed by atoms with E-state index in [1.165, 1.54) is 0 Å². The zero-order chi connectivity index (χ0) is 10.4. The van der Waals surface area contributed by atoms with Gasteiger partial charge in [-0.2, -0.15) is 0 Å². The number of carbonyl (C=O) groups is 1. The van der Waals surface area contributed by atoms with Crippen molar-refractivity contribution in [3.63, 3.8) is 0 Å². The summed E-state index contributed by atoms with van der Waals surface area (Å²) in [7, 11) is 0. The molecule has 0 unspecified atom stereocenters. The van der Waals surface area contributed by atoms with Crippen LogP contribution in [0.5, 0.6) is 0 Å². The lowest BCUT2D eigenvalue weighted by Gasteiger charge is -2.04. The lowest BCUT2D eigenvalue weighted by Crippen LogP contribution is -2.11. The Labute approximate surface area is 86.2 Å². The monoisotopic (exact) mass is 196 g/mol. The normalized spacial score (nSPS) is 12.3. The number of hydrogen-bond donors (Lipinski definition) is 1. The van der Waals surface area contributed by atoms with E-state index in [9.17, 15) is 4.79 Å². The molecule has 0 atom stereocenters. The van der Waals surface area contributed by atoms with Gasteiger partial charge in [0.15, 0.2) is 0 Å². The summed E-state index contributed by atoms with van der Waals surface area (Å²) in [5, 5.41) is 1.91. The summed E-state index contributed by atoms with van der Waals surface area (Å²) in [6.45, 7) is 0. The molecule has 0 aromatic heterocycles. The Kier molecular flexibility index (Phi) is 1.45.